The van der Waals surface area contributed by atoms with Gasteiger partial charge in [0, 0.05) is 35.3 Å². The zero-order chi connectivity index (χ0) is 16.2. The van der Waals surface area contributed by atoms with Gasteiger partial charge >= 0.3 is 6.09 Å². The van der Waals surface area contributed by atoms with Crippen LogP contribution in [0.15, 0.2) is 24.4 Å². The van der Waals surface area contributed by atoms with Gasteiger partial charge in [0.15, 0.2) is 0 Å². The molecule has 0 aliphatic carbocycles. The number of pyridine rings is 1. The van der Waals surface area contributed by atoms with Crippen molar-refractivity contribution in [3.63, 3.8) is 0 Å². The van der Waals surface area contributed by atoms with Gasteiger partial charge in [0.25, 0.3) is 0 Å². The molecule has 5 nitrogen and oxygen atoms in total. The predicted octanol–water partition coefficient (Wildman–Crippen LogP) is 2.73. The summed E-state index contributed by atoms with van der Waals surface area (Å²) in [7, 11) is -0.946. The van der Waals surface area contributed by atoms with Gasteiger partial charge in [0.2, 0.25) is 0 Å². The Labute approximate surface area is 134 Å². The number of piperidine rings is 1. The number of carbonyl (C=O) groups is 1. The average molecular weight is 324 g/mol. The highest BCUT2D eigenvalue weighted by Gasteiger charge is 2.29. The Morgan fingerprint density at radius 3 is 2.59 bits per heavy atom. The van der Waals surface area contributed by atoms with Crippen LogP contribution in [0, 0.1) is 0 Å². The summed E-state index contributed by atoms with van der Waals surface area (Å²) in [6, 6.07) is 5.66. The molecule has 0 unspecified atom stereocenters. The minimum Gasteiger partial charge on any atom is -0.444 e. The van der Waals surface area contributed by atoms with Gasteiger partial charge in [0.1, 0.15) is 5.60 Å². The molecule has 0 saturated carbocycles. The van der Waals surface area contributed by atoms with Gasteiger partial charge in [-0.25, -0.2) is 4.79 Å². The molecule has 1 atom stereocenters. The van der Waals surface area contributed by atoms with Crippen LogP contribution >= 0.6 is 0 Å². The van der Waals surface area contributed by atoms with Gasteiger partial charge in [-0.3, -0.25) is 9.19 Å². The Bertz CT molecular complexity index is 520. The third kappa shape index (κ3) is 5.09. The fraction of sp³-hybridized carbons (Fsp3) is 0.625. The van der Waals surface area contributed by atoms with Crippen molar-refractivity contribution >= 4 is 16.9 Å². The maximum absolute atomic E-state index is 12.4. The minimum atomic E-state index is -0.946. The molecular weight excluding hydrogens is 300 g/mol. The number of rotatable bonds is 3. The molecule has 1 amide bonds. The third-order valence-corrected chi connectivity index (χ3v) is 5.28. The van der Waals surface area contributed by atoms with Gasteiger partial charge in [-0.2, -0.15) is 0 Å². The lowest BCUT2D eigenvalue weighted by Gasteiger charge is -2.33. The number of carbonyl (C=O) groups excluding carboxylic acids is 1. The van der Waals surface area contributed by atoms with E-state index in [9.17, 15) is 9.00 Å². The number of hydrogen-bond donors (Lipinski definition) is 0. The molecule has 122 valence electrons. The van der Waals surface area contributed by atoms with Crippen LogP contribution in [0.5, 0.6) is 0 Å². The van der Waals surface area contributed by atoms with Gasteiger partial charge in [-0.05, 0) is 45.7 Å². The number of hydrogen-bond acceptors (Lipinski definition) is 4. The Morgan fingerprint density at radius 2 is 2.05 bits per heavy atom. The first-order chi connectivity index (χ1) is 10.3. The highest BCUT2D eigenvalue weighted by atomic mass is 32.2. The number of ether oxygens (including phenoxy) is 1. The summed E-state index contributed by atoms with van der Waals surface area (Å²) >= 11 is 0. The van der Waals surface area contributed by atoms with Crippen LogP contribution in [0.3, 0.4) is 0 Å². The summed E-state index contributed by atoms with van der Waals surface area (Å²) in [4.78, 5) is 17.9. The second-order valence-corrected chi connectivity index (χ2v) is 8.23. The molecule has 0 aromatic carbocycles. The molecule has 1 saturated heterocycles. The minimum absolute atomic E-state index is 0.126. The zero-order valence-electron chi connectivity index (χ0n) is 13.4. The second kappa shape index (κ2) is 7.22. The van der Waals surface area contributed by atoms with Crippen molar-refractivity contribution in [3.8, 4) is 0 Å². The van der Waals surface area contributed by atoms with Crippen molar-refractivity contribution in [2.75, 3.05) is 13.1 Å². The van der Waals surface area contributed by atoms with Gasteiger partial charge < -0.3 is 9.64 Å². The molecule has 0 bridgehead atoms. The number of aromatic nitrogens is 1. The van der Waals surface area contributed by atoms with E-state index in [0.717, 1.165) is 18.5 Å². The van der Waals surface area contributed by atoms with E-state index in [2.05, 4.69) is 4.98 Å². The van der Waals surface area contributed by atoms with E-state index >= 15 is 0 Å². The number of likely N-dealkylation sites (tertiary alicyclic amines) is 1. The van der Waals surface area contributed by atoms with Crippen LogP contribution < -0.4 is 0 Å². The number of amides is 1. The van der Waals surface area contributed by atoms with Crippen molar-refractivity contribution in [2.24, 2.45) is 0 Å². The molecule has 1 aliphatic rings. The quantitative estimate of drug-likeness (QED) is 0.858. The lowest BCUT2D eigenvalue weighted by molar-refractivity contribution is 0.0218. The first-order valence-electron chi connectivity index (χ1n) is 7.60. The van der Waals surface area contributed by atoms with Crippen molar-refractivity contribution in [1.29, 1.82) is 0 Å². The van der Waals surface area contributed by atoms with E-state index in [-0.39, 0.29) is 11.3 Å². The topological polar surface area (TPSA) is 59.5 Å². The van der Waals surface area contributed by atoms with Crippen LogP contribution in [0.2, 0.25) is 0 Å². The zero-order valence-corrected chi connectivity index (χ0v) is 14.3. The molecule has 1 aromatic rings. The van der Waals surface area contributed by atoms with Crippen LogP contribution in [0.1, 0.15) is 39.3 Å². The number of nitrogens with zero attached hydrogens (tertiary/aromatic N) is 2. The Kier molecular flexibility index (Phi) is 5.56. The van der Waals surface area contributed by atoms with E-state index in [1.54, 1.807) is 11.1 Å². The molecule has 2 heterocycles. The fourth-order valence-electron chi connectivity index (χ4n) is 2.37. The Hall–Kier alpha value is -1.43. The predicted molar refractivity (Wildman–Crippen MR) is 86.9 cm³/mol. The molecule has 22 heavy (non-hydrogen) atoms. The molecular formula is C16H24N2O3S. The van der Waals surface area contributed by atoms with Crippen molar-refractivity contribution < 1.29 is 13.7 Å². The van der Waals surface area contributed by atoms with Crippen LogP contribution in [-0.2, 0) is 21.3 Å². The first kappa shape index (κ1) is 16.9. The summed E-state index contributed by atoms with van der Waals surface area (Å²) in [6.07, 6.45) is 2.94. The van der Waals surface area contributed by atoms with E-state index in [0.29, 0.717) is 18.8 Å². The molecule has 1 aliphatic heterocycles. The second-order valence-electron chi connectivity index (χ2n) is 6.51. The van der Waals surface area contributed by atoms with E-state index in [1.165, 1.54) is 0 Å². The molecule has 0 radical (unpaired) electrons. The lowest BCUT2D eigenvalue weighted by atomic mass is 10.1. The summed E-state index contributed by atoms with van der Waals surface area (Å²) in [6.45, 7) is 6.79. The van der Waals surface area contributed by atoms with Crippen molar-refractivity contribution in [1.82, 2.24) is 9.88 Å². The van der Waals surface area contributed by atoms with Crippen molar-refractivity contribution in [3.05, 3.63) is 30.1 Å². The van der Waals surface area contributed by atoms with Crippen molar-refractivity contribution in [2.45, 2.75) is 50.2 Å². The van der Waals surface area contributed by atoms with Crippen LogP contribution in [0.25, 0.3) is 0 Å². The largest absolute Gasteiger partial charge is 0.444 e. The standard InChI is InChI=1S/C16H24N2O3S/c1-16(2,3)21-15(19)18-10-7-14(8-11-18)22(20)12-13-6-4-5-9-17-13/h4-6,9,14H,7-8,10-12H2,1-3H3/t22-/m1/s1. The van der Waals surface area contributed by atoms with Crippen LogP contribution in [-0.4, -0.2) is 44.1 Å². The molecule has 6 heteroatoms. The average Bonchev–Trinajstić information content (AvgIpc) is 2.46. The van der Waals surface area contributed by atoms with Gasteiger partial charge in [-0.15, -0.1) is 0 Å². The summed E-state index contributed by atoms with van der Waals surface area (Å²) in [5.41, 5.74) is 0.380. The Morgan fingerprint density at radius 1 is 1.36 bits per heavy atom. The lowest BCUT2D eigenvalue weighted by Crippen LogP contribution is -2.43. The summed E-state index contributed by atoms with van der Waals surface area (Å²) in [5.74, 6) is 0.484. The maximum atomic E-state index is 12.4. The van der Waals surface area contributed by atoms with E-state index in [4.69, 9.17) is 4.74 Å². The van der Waals surface area contributed by atoms with E-state index in [1.807, 2.05) is 39.0 Å². The monoisotopic (exact) mass is 324 g/mol. The fourth-order valence-corrected chi connectivity index (χ4v) is 3.81. The SMILES string of the molecule is CC(C)(C)OC(=O)N1CCC([S@](=O)Cc2ccccn2)CC1. The highest BCUT2D eigenvalue weighted by Crippen LogP contribution is 2.20. The molecule has 1 aromatic heterocycles. The molecule has 1 fully saturated rings. The summed E-state index contributed by atoms with van der Waals surface area (Å²) in [5, 5.41) is 0.126. The third-order valence-electron chi connectivity index (χ3n) is 3.48. The normalized spacial score (nSPS) is 18.0. The summed E-state index contributed by atoms with van der Waals surface area (Å²) < 4.78 is 17.8. The maximum Gasteiger partial charge on any atom is 0.410 e. The highest BCUT2D eigenvalue weighted by molar-refractivity contribution is 7.84. The smallest absolute Gasteiger partial charge is 0.410 e. The Balaban J connectivity index is 1.82. The molecule has 0 N–H and O–H groups in total. The first-order valence-corrected chi connectivity index (χ1v) is 8.98. The van der Waals surface area contributed by atoms with Crippen LogP contribution in [0.4, 0.5) is 4.79 Å². The van der Waals surface area contributed by atoms with E-state index < -0.39 is 16.4 Å². The van der Waals surface area contributed by atoms with Gasteiger partial charge in [0.05, 0.1) is 11.4 Å². The molecule has 0 spiro atoms. The molecule has 2 rings (SSSR count). The van der Waals surface area contributed by atoms with Gasteiger partial charge in [-0.1, -0.05) is 6.07 Å².